The average Bonchev–Trinajstić information content (AvgIpc) is 2.64. The van der Waals surface area contributed by atoms with Gasteiger partial charge in [0, 0.05) is 26.0 Å². The van der Waals surface area contributed by atoms with E-state index >= 15 is 0 Å². The number of aliphatic hydroxyl groups is 1. The van der Waals surface area contributed by atoms with Crippen LogP contribution < -0.4 is 0 Å². The van der Waals surface area contributed by atoms with Crippen LogP contribution in [0, 0.1) is 0 Å². The number of aliphatic hydroxyl groups excluding tert-OH is 1. The standard InChI is InChI=1S/C9H14F2N2O3S/c1-12-3-2-8(6-12)17(15,16)13(4-5-14)7-9(10)11/h2-3,6,9,14H,4-5,7H2,1H3. The summed E-state index contributed by atoms with van der Waals surface area (Å²) in [7, 11) is -2.34. The first-order chi connectivity index (χ1) is 7.87. The molecule has 0 saturated carbocycles. The molecule has 5 nitrogen and oxygen atoms in total. The van der Waals surface area contributed by atoms with E-state index in [2.05, 4.69) is 0 Å². The molecule has 0 spiro atoms. The van der Waals surface area contributed by atoms with Gasteiger partial charge in [-0.2, -0.15) is 4.31 Å². The second kappa shape index (κ2) is 5.56. The van der Waals surface area contributed by atoms with Gasteiger partial charge >= 0.3 is 0 Å². The molecule has 0 aliphatic heterocycles. The van der Waals surface area contributed by atoms with Crippen LogP contribution in [0.2, 0.25) is 0 Å². The Hall–Kier alpha value is -0.990. The number of halogens is 2. The molecular formula is C9H14F2N2O3S. The maximum atomic E-state index is 12.3. The Balaban J connectivity index is 2.99. The Bertz CT molecular complexity index is 459. The van der Waals surface area contributed by atoms with Gasteiger partial charge in [-0.1, -0.05) is 0 Å². The van der Waals surface area contributed by atoms with Crippen LogP contribution in [-0.2, 0) is 17.1 Å². The molecule has 0 atom stereocenters. The molecule has 0 unspecified atom stereocenters. The SMILES string of the molecule is Cn1ccc(S(=O)(=O)N(CCO)CC(F)F)c1. The number of aromatic nitrogens is 1. The summed E-state index contributed by atoms with van der Waals surface area (Å²) in [6.45, 7) is -1.77. The second-order valence-electron chi connectivity index (χ2n) is 3.49. The van der Waals surface area contributed by atoms with E-state index in [1.807, 2.05) is 0 Å². The van der Waals surface area contributed by atoms with E-state index in [9.17, 15) is 17.2 Å². The molecule has 0 aliphatic rings. The molecule has 0 bridgehead atoms. The van der Waals surface area contributed by atoms with E-state index in [0.717, 1.165) is 0 Å². The molecule has 0 amide bonds. The molecule has 0 radical (unpaired) electrons. The maximum absolute atomic E-state index is 12.3. The zero-order chi connectivity index (χ0) is 13.1. The summed E-state index contributed by atoms with van der Waals surface area (Å²) in [5, 5.41) is 8.71. The van der Waals surface area contributed by atoms with Gasteiger partial charge in [-0.3, -0.25) is 0 Å². The van der Waals surface area contributed by atoms with Crippen LogP contribution in [0.1, 0.15) is 0 Å². The first-order valence-corrected chi connectivity index (χ1v) is 6.33. The topological polar surface area (TPSA) is 62.5 Å². The quantitative estimate of drug-likeness (QED) is 0.805. The molecule has 1 aromatic heterocycles. The van der Waals surface area contributed by atoms with Crippen LogP contribution >= 0.6 is 0 Å². The van der Waals surface area contributed by atoms with Crippen LogP contribution in [-0.4, -0.2) is 48.5 Å². The third-order valence-electron chi connectivity index (χ3n) is 2.13. The first kappa shape index (κ1) is 14.1. The molecule has 17 heavy (non-hydrogen) atoms. The molecule has 1 rings (SSSR count). The van der Waals surface area contributed by atoms with Crippen molar-refractivity contribution in [1.82, 2.24) is 8.87 Å². The highest BCUT2D eigenvalue weighted by molar-refractivity contribution is 7.89. The summed E-state index contributed by atoms with van der Waals surface area (Å²) >= 11 is 0. The van der Waals surface area contributed by atoms with Crippen molar-refractivity contribution < 1.29 is 22.3 Å². The number of rotatable bonds is 6. The summed E-state index contributed by atoms with van der Waals surface area (Å²) < 4.78 is 50.5. The first-order valence-electron chi connectivity index (χ1n) is 4.89. The Labute approximate surface area is 98.3 Å². The molecule has 1 heterocycles. The molecule has 0 aromatic carbocycles. The predicted octanol–water partition coefficient (Wildman–Crippen LogP) is 0.273. The summed E-state index contributed by atoms with van der Waals surface area (Å²) in [5.74, 6) is 0. The molecule has 0 saturated heterocycles. The van der Waals surface area contributed by atoms with Crippen molar-refractivity contribution in [2.75, 3.05) is 19.7 Å². The van der Waals surface area contributed by atoms with E-state index in [-0.39, 0.29) is 11.4 Å². The van der Waals surface area contributed by atoms with Crippen LogP contribution in [0.3, 0.4) is 0 Å². The Morgan fingerprint density at radius 1 is 1.53 bits per heavy atom. The number of sulfonamides is 1. The summed E-state index contributed by atoms with van der Waals surface area (Å²) in [6.07, 6.45) is 0.0532. The molecule has 1 aromatic rings. The lowest BCUT2D eigenvalue weighted by atomic mass is 10.6. The molecular weight excluding hydrogens is 254 g/mol. The van der Waals surface area contributed by atoms with Gasteiger partial charge in [0.25, 0.3) is 6.43 Å². The second-order valence-corrected chi connectivity index (χ2v) is 5.43. The van der Waals surface area contributed by atoms with E-state index in [0.29, 0.717) is 4.31 Å². The fraction of sp³-hybridized carbons (Fsp3) is 0.556. The zero-order valence-corrected chi connectivity index (χ0v) is 10.1. The van der Waals surface area contributed by atoms with Crippen molar-refractivity contribution in [2.24, 2.45) is 7.05 Å². The fourth-order valence-corrected chi connectivity index (χ4v) is 2.82. The highest BCUT2D eigenvalue weighted by Crippen LogP contribution is 2.16. The third kappa shape index (κ3) is 3.48. The lowest BCUT2D eigenvalue weighted by Crippen LogP contribution is -2.37. The monoisotopic (exact) mass is 268 g/mol. The zero-order valence-electron chi connectivity index (χ0n) is 9.25. The van der Waals surface area contributed by atoms with Gasteiger partial charge in [-0.05, 0) is 6.07 Å². The maximum Gasteiger partial charge on any atom is 0.252 e. The molecule has 8 heteroatoms. The molecule has 1 N–H and O–H groups in total. The van der Waals surface area contributed by atoms with Crippen molar-refractivity contribution in [3.8, 4) is 0 Å². The van der Waals surface area contributed by atoms with Crippen molar-refractivity contribution in [1.29, 1.82) is 0 Å². The smallest absolute Gasteiger partial charge is 0.252 e. The van der Waals surface area contributed by atoms with Gasteiger partial charge in [0.05, 0.1) is 18.0 Å². The fourth-order valence-electron chi connectivity index (χ4n) is 1.35. The summed E-state index contributed by atoms with van der Waals surface area (Å²) in [5.41, 5.74) is 0. The molecule has 0 aliphatic carbocycles. The lowest BCUT2D eigenvalue weighted by molar-refractivity contribution is 0.113. The van der Waals surface area contributed by atoms with Gasteiger partial charge < -0.3 is 9.67 Å². The highest BCUT2D eigenvalue weighted by Gasteiger charge is 2.27. The van der Waals surface area contributed by atoms with Gasteiger partial charge in [-0.25, -0.2) is 17.2 Å². The Kier molecular flexibility index (Phi) is 4.61. The lowest BCUT2D eigenvalue weighted by Gasteiger charge is -2.19. The largest absolute Gasteiger partial charge is 0.395 e. The molecule has 0 fully saturated rings. The summed E-state index contributed by atoms with van der Waals surface area (Å²) in [4.78, 5) is -0.0610. The number of hydrogen-bond donors (Lipinski definition) is 1. The molecule has 98 valence electrons. The van der Waals surface area contributed by atoms with Gasteiger partial charge in [0.15, 0.2) is 0 Å². The van der Waals surface area contributed by atoms with Crippen molar-refractivity contribution in [3.05, 3.63) is 18.5 Å². The van der Waals surface area contributed by atoms with Crippen LogP contribution in [0.4, 0.5) is 8.78 Å². The van der Waals surface area contributed by atoms with Crippen molar-refractivity contribution >= 4 is 10.0 Å². The van der Waals surface area contributed by atoms with E-state index in [1.54, 1.807) is 7.05 Å². The minimum absolute atomic E-state index is 0.0610. The number of nitrogens with zero attached hydrogens (tertiary/aromatic N) is 2. The minimum atomic E-state index is -3.96. The van der Waals surface area contributed by atoms with Gasteiger partial charge in [0.2, 0.25) is 10.0 Å². The van der Waals surface area contributed by atoms with Gasteiger partial charge in [0.1, 0.15) is 0 Å². The van der Waals surface area contributed by atoms with E-state index in [4.69, 9.17) is 5.11 Å². The number of alkyl halides is 2. The van der Waals surface area contributed by atoms with E-state index in [1.165, 1.54) is 23.0 Å². The Morgan fingerprint density at radius 3 is 2.59 bits per heavy atom. The average molecular weight is 268 g/mol. The highest BCUT2D eigenvalue weighted by atomic mass is 32.2. The summed E-state index contributed by atoms with van der Waals surface area (Å²) in [6, 6.07) is 1.32. The van der Waals surface area contributed by atoms with Crippen molar-refractivity contribution in [3.63, 3.8) is 0 Å². The minimum Gasteiger partial charge on any atom is -0.395 e. The Morgan fingerprint density at radius 2 is 2.18 bits per heavy atom. The number of aryl methyl sites for hydroxylation is 1. The van der Waals surface area contributed by atoms with Crippen LogP contribution in [0.5, 0.6) is 0 Å². The third-order valence-corrected chi connectivity index (χ3v) is 3.98. The van der Waals surface area contributed by atoms with Crippen LogP contribution in [0.25, 0.3) is 0 Å². The van der Waals surface area contributed by atoms with Gasteiger partial charge in [-0.15, -0.1) is 0 Å². The normalized spacial score (nSPS) is 12.6. The van der Waals surface area contributed by atoms with E-state index < -0.39 is 29.6 Å². The van der Waals surface area contributed by atoms with Crippen LogP contribution in [0.15, 0.2) is 23.4 Å². The number of hydrogen-bond acceptors (Lipinski definition) is 3. The van der Waals surface area contributed by atoms with Crippen molar-refractivity contribution in [2.45, 2.75) is 11.3 Å². The predicted molar refractivity (Wildman–Crippen MR) is 57.3 cm³/mol.